The van der Waals surface area contributed by atoms with E-state index in [4.69, 9.17) is 4.74 Å². The average Bonchev–Trinajstić information content (AvgIpc) is 2.86. The van der Waals surface area contributed by atoms with Crippen LogP contribution in [0.3, 0.4) is 0 Å². The highest BCUT2D eigenvalue weighted by atomic mass is 32.2. The molecule has 21 heavy (non-hydrogen) atoms. The van der Waals surface area contributed by atoms with Crippen molar-refractivity contribution in [2.75, 3.05) is 27.3 Å². The molecular formula is C14H19NO4S2. The Morgan fingerprint density at radius 2 is 2.05 bits per heavy atom. The molecule has 0 radical (unpaired) electrons. The van der Waals surface area contributed by atoms with Crippen LogP contribution in [0.2, 0.25) is 0 Å². The van der Waals surface area contributed by atoms with Gasteiger partial charge in [0.15, 0.2) is 0 Å². The minimum absolute atomic E-state index is 0.227. The lowest BCUT2D eigenvalue weighted by Gasteiger charge is -2.17. The lowest BCUT2D eigenvalue weighted by atomic mass is 10.2. The van der Waals surface area contributed by atoms with Gasteiger partial charge < -0.3 is 9.84 Å². The Morgan fingerprint density at radius 3 is 2.71 bits per heavy atom. The summed E-state index contributed by atoms with van der Waals surface area (Å²) >= 11 is 1.32. The number of thiophene rings is 1. The Balaban J connectivity index is 2.43. The van der Waals surface area contributed by atoms with Gasteiger partial charge in [0.05, 0.1) is 11.5 Å². The molecule has 2 rings (SSSR count). The lowest BCUT2D eigenvalue weighted by Crippen LogP contribution is -2.29. The van der Waals surface area contributed by atoms with Crippen LogP contribution >= 0.6 is 11.3 Å². The van der Waals surface area contributed by atoms with Gasteiger partial charge in [0.2, 0.25) is 10.0 Å². The second-order valence-corrected chi connectivity index (χ2v) is 7.80. The SMILES string of the molecule is COCCCN(C)S(=O)(=O)c1c(CO)sc2ccccc12. The standard InChI is InChI=1S/C14H19NO4S2/c1-15(8-5-9-19-2)21(17,18)14-11-6-3-4-7-12(11)20-13(14)10-16/h3-4,6-7,16H,5,8-10H2,1-2H3. The molecule has 0 spiro atoms. The van der Waals surface area contributed by atoms with E-state index in [1.807, 2.05) is 12.1 Å². The summed E-state index contributed by atoms with van der Waals surface area (Å²) in [5.74, 6) is 0. The third-order valence-electron chi connectivity index (χ3n) is 3.25. The third kappa shape index (κ3) is 3.27. The van der Waals surface area contributed by atoms with Gasteiger partial charge in [-0.1, -0.05) is 18.2 Å². The fourth-order valence-corrected chi connectivity index (χ4v) is 5.12. The summed E-state index contributed by atoms with van der Waals surface area (Å²) < 4.78 is 32.7. The number of hydrogen-bond donors (Lipinski definition) is 1. The molecule has 116 valence electrons. The number of fused-ring (bicyclic) bond motifs is 1. The normalized spacial score (nSPS) is 12.4. The van der Waals surface area contributed by atoms with Crippen molar-refractivity contribution < 1.29 is 18.3 Å². The number of aliphatic hydroxyl groups excluding tert-OH is 1. The highest BCUT2D eigenvalue weighted by Crippen LogP contribution is 2.36. The number of rotatable bonds is 7. The summed E-state index contributed by atoms with van der Waals surface area (Å²) in [6.45, 7) is 0.613. The average molecular weight is 329 g/mol. The Bertz CT molecular complexity index is 709. The van der Waals surface area contributed by atoms with Crippen LogP contribution in [0.1, 0.15) is 11.3 Å². The molecule has 1 N–H and O–H groups in total. The smallest absolute Gasteiger partial charge is 0.244 e. The second-order valence-electron chi connectivity index (χ2n) is 4.68. The molecule has 1 aromatic heterocycles. The largest absolute Gasteiger partial charge is 0.391 e. The summed E-state index contributed by atoms with van der Waals surface area (Å²) in [7, 11) is -0.475. The fraction of sp³-hybridized carbons (Fsp3) is 0.429. The molecule has 0 unspecified atom stereocenters. The molecule has 0 saturated heterocycles. The van der Waals surface area contributed by atoms with Gasteiger partial charge in [0, 0.05) is 37.4 Å². The van der Waals surface area contributed by atoms with Crippen molar-refractivity contribution in [3.63, 3.8) is 0 Å². The maximum absolute atomic E-state index is 12.8. The van der Waals surface area contributed by atoms with Crippen LogP contribution < -0.4 is 0 Å². The highest BCUT2D eigenvalue weighted by molar-refractivity contribution is 7.89. The van der Waals surface area contributed by atoms with Crippen LogP contribution in [-0.4, -0.2) is 45.1 Å². The molecule has 0 saturated carbocycles. The summed E-state index contributed by atoms with van der Waals surface area (Å²) in [5, 5.41) is 10.2. The molecule has 2 aromatic rings. The zero-order valence-electron chi connectivity index (χ0n) is 12.1. The zero-order valence-corrected chi connectivity index (χ0v) is 13.7. The van der Waals surface area contributed by atoms with Crippen molar-refractivity contribution in [1.82, 2.24) is 4.31 Å². The van der Waals surface area contributed by atoms with Crippen molar-refractivity contribution in [3.8, 4) is 0 Å². The van der Waals surface area contributed by atoms with Crippen molar-refractivity contribution in [2.24, 2.45) is 0 Å². The number of aliphatic hydroxyl groups is 1. The van der Waals surface area contributed by atoms with Crippen LogP contribution in [0, 0.1) is 0 Å². The van der Waals surface area contributed by atoms with Crippen molar-refractivity contribution in [2.45, 2.75) is 17.9 Å². The number of hydrogen-bond acceptors (Lipinski definition) is 5. The first-order valence-corrected chi connectivity index (χ1v) is 8.84. The van der Waals surface area contributed by atoms with E-state index in [2.05, 4.69) is 0 Å². The zero-order chi connectivity index (χ0) is 15.5. The topological polar surface area (TPSA) is 66.8 Å². The Morgan fingerprint density at radius 1 is 1.33 bits per heavy atom. The summed E-state index contributed by atoms with van der Waals surface area (Å²) in [6.07, 6.45) is 0.628. The van der Waals surface area contributed by atoms with Gasteiger partial charge >= 0.3 is 0 Å². The Labute approximate surface area is 128 Å². The first kappa shape index (κ1) is 16.4. The van der Waals surface area contributed by atoms with Gasteiger partial charge in [-0.15, -0.1) is 11.3 Å². The van der Waals surface area contributed by atoms with E-state index in [0.29, 0.717) is 29.8 Å². The molecule has 0 bridgehead atoms. The Hall–Kier alpha value is -0.990. The van der Waals surface area contributed by atoms with Gasteiger partial charge in [-0.2, -0.15) is 0 Å². The first-order valence-electron chi connectivity index (χ1n) is 6.59. The monoisotopic (exact) mass is 329 g/mol. The van der Waals surface area contributed by atoms with Crippen molar-refractivity contribution >= 4 is 31.4 Å². The molecule has 0 aliphatic carbocycles. The van der Waals surface area contributed by atoms with Gasteiger partial charge in [-0.25, -0.2) is 12.7 Å². The molecule has 0 aliphatic rings. The first-order chi connectivity index (χ1) is 10.0. The maximum Gasteiger partial charge on any atom is 0.244 e. The molecule has 5 nitrogen and oxygen atoms in total. The molecular weight excluding hydrogens is 310 g/mol. The molecule has 0 amide bonds. The van der Waals surface area contributed by atoms with E-state index >= 15 is 0 Å². The van der Waals surface area contributed by atoms with E-state index in [0.717, 1.165) is 4.70 Å². The van der Waals surface area contributed by atoms with Gasteiger partial charge in [-0.05, 0) is 12.5 Å². The quantitative estimate of drug-likeness (QED) is 0.790. The number of sulfonamides is 1. The van der Waals surface area contributed by atoms with Gasteiger partial charge in [0.1, 0.15) is 4.90 Å². The van der Waals surface area contributed by atoms with E-state index in [-0.39, 0.29) is 11.5 Å². The Kier molecular flexibility index (Phi) is 5.34. The maximum atomic E-state index is 12.8. The second kappa shape index (κ2) is 6.85. The van der Waals surface area contributed by atoms with Gasteiger partial charge in [-0.3, -0.25) is 0 Å². The number of nitrogens with zero attached hydrogens (tertiary/aromatic N) is 1. The number of ether oxygens (including phenoxy) is 1. The fourth-order valence-electron chi connectivity index (χ4n) is 2.17. The molecule has 1 heterocycles. The predicted molar refractivity (Wildman–Crippen MR) is 84.1 cm³/mol. The molecule has 1 aromatic carbocycles. The molecule has 7 heteroatoms. The van der Waals surface area contributed by atoms with Crippen LogP contribution in [0.25, 0.3) is 10.1 Å². The molecule has 0 fully saturated rings. The summed E-state index contributed by atoms with van der Waals surface area (Å²) in [4.78, 5) is 0.709. The van der Waals surface area contributed by atoms with E-state index < -0.39 is 10.0 Å². The third-order valence-corrected chi connectivity index (χ3v) is 6.52. The van der Waals surface area contributed by atoms with Crippen LogP contribution in [0.5, 0.6) is 0 Å². The highest BCUT2D eigenvalue weighted by Gasteiger charge is 2.27. The molecule has 0 atom stereocenters. The van der Waals surface area contributed by atoms with Crippen molar-refractivity contribution in [1.29, 1.82) is 0 Å². The van der Waals surface area contributed by atoms with Crippen LogP contribution in [0.15, 0.2) is 29.2 Å². The lowest BCUT2D eigenvalue weighted by molar-refractivity contribution is 0.189. The van der Waals surface area contributed by atoms with Crippen LogP contribution in [0.4, 0.5) is 0 Å². The van der Waals surface area contributed by atoms with Crippen molar-refractivity contribution in [3.05, 3.63) is 29.1 Å². The predicted octanol–water partition coefficient (Wildman–Crippen LogP) is 2.05. The van der Waals surface area contributed by atoms with E-state index in [1.165, 1.54) is 15.6 Å². The van der Waals surface area contributed by atoms with Crippen LogP contribution in [-0.2, 0) is 21.4 Å². The van der Waals surface area contributed by atoms with Gasteiger partial charge in [0.25, 0.3) is 0 Å². The van der Waals surface area contributed by atoms with E-state index in [1.54, 1.807) is 26.3 Å². The molecule has 0 aliphatic heterocycles. The summed E-state index contributed by atoms with van der Waals surface area (Å²) in [5.41, 5.74) is 0. The minimum atomic E-state index is -3.62. The van der Waals surface area contributed by atoms with E-state index in [9.17, 15) is 13.5 Å². The summed E-state index contributed by atoms with van der Waals surface area (Å²) in [6, 6.07) is 7.31. The number of benzene rings is 1. The minimum Gasteiger partial charge on any atom is -0.391 e. The number of methoxy groups -OCH3 is 1.